The molecule has 0 bridgehead atoms. The number of carbonyl (C=O) groups is 3. The summed E-state index contributed by atoms with van der Waals surface area (Å²) in [5, 5.41) is 5.30. The maximum absolute atomic E-state index is 14.5. The summed E-state index contributed by atoms with van der Waals surface area (Å²) in [4.78, 5) is 47.8. The molecule has 11 heteroatoms. The summed E-state index contributed by atoms with van der Waals surface area (Å²) < 4.78 is 25.5. The van der Waals surface area contributed by atoms with E-state index in [0.29, 0.717) is 36.4 Å². The van der Waals surface area contributed by atoms with Crippen molar-refractivity contribution in [2.24, 2.45) is 4.99 Å². The van der Waals surface area contributed by atoms with Crippen molar-refractivity contribution in [3.05, 3.63) is 59.6 Å². The van der Waals surface area contributed by atoms with Crippen LogP contribution in [0.1, 0.15) is 31.4 Å². The first-order valence-corrected chi connectivity index (χ1v) is 10.8. The second-order valence-corrected chi connectivity index (χ2v) is 7.70. The third-order valence-corrected chi connectivity index (χ3v) is 5.21. The maximum Gasteiger partial charge on any atom is 0.303 e. The number of fused-ring (bicyclic) bond motifs is 1. The van der Waals surface area contributed by atoms with Crippen LogP contribution in [-0.2, 0) is 19.1 Å². The number of nitrogens with one attached hydrogen (secondary N) is 2. The van der Waals surface area contributed by atoms with Crippen LogP contribution in [0, 0.1) is 5.82 Å². The zero-order valence-electron chi connectivity index (χ0n) is 19.0. The minimum atomic E-state index is -0.731. The number of hydrogen-bond acceptors (Lipinski definition) is 9. The lowest BCUT2D eigenvalue weighted by Crippen LogP contribution is -2.22. The number of ketones is 1. The predicted octanol–water partition coefficient (Wildman–Crippen LogP) is 3.02. The summed E-state index contributed by atoms with van der Waals surface area (Å²) in [6.07, 6.45) is 5.65. The number of aliphatic imine (C=N–C) groups is 1. The molecular weight excluding hydrogens is 457 g/mol. The Morgan fingerprint density at radius 3 is 2.94 bits per heavy atom. The average molecular weight is 479 g/mol. The Balaban J connectivity index is 1.59. The van der Waals surface area contributed by atoms with Crippen LogP contribution in [-0.4, -0.2) is 47.0 Å². The van der Waals surface area contributed by atoms with Crippen LogP contribution in [0.4, 0.5) is 21.8 Å². The van der Waals surface area contributed by atoms with Crippen LogP contribution in [0.15, 0.2) is 53.2 Å². The van der Waals surface area contributed by atoms with E-state index < -0.39 is 29.6 Å². The molecule has 4 rings (SSSR count). The molecule has 1 aromatic carbocycles. The van der Waals surface area contributed by atoms with Gasteiger partial charge in [0.1, 0.15) is 17.6 Å². The lowest BCUT2D eigenvalue weighted by Gasteiger charge is -2.26. The number of rotatable bonds is 5. The Hall–Kier alpha value is -4.41. The summed E-state index contributed by atoms with van der Waals surface area (Å²) in [5.74, 6) is -1.71. The SMILES string of the molecule is CNC(=O)C=C1CC=CC(=Nc2ncc(F)c(Nc3ccc4c(c3)C(OC(C)=O)CCO4)n2)C1=O. The first-order chi connectivity index (χ1) is 16.8. The highest BCUT2D eigenvalue weighted by atomic mass is 19.1. The van der Waals surface area contributed by atoms with Crippen molar-refractivity contribution >= 4 is 40.8 Å². The van der Waals surface area contributed by atoms with E-state index in [1.807, 2.05) is 0 Å². The maximum atomic E-state index is 14.5. The zero-order chi connectivity index (χ0) is 24.9. The fourth-order valence-electron chi connectivity index (χ4n) is 3.58. The lowest BCUT2D eigenvalue weighted by atomic mass is 9.97. The van der Waals surface area contributed by atoms with Gasteiger partial charge < -0.3 is 20.1 Å². The van der Waals surface area contributed by atoms with Crippen molar-refractivity contribution in [2.75, 3.05) is 19.0 Å². The van der Waals surface area contributed by atoms with E-state index in [0.717, 1.165) is 6.20 Å². The Morgan fingerprint density at radius 2 is 2.17 bits per heavy atom. The van der Waals surface area contributed by atoms with Gasteiger partial charge in [-0.15, -0.1) is 0 Å². The van der Waals surface area contributed by atoms with Gasteiger partial charge in [-0.2, -0.15) is 4.98 Å². The normalized spacial score (nSPS) is 19.2. The lowest BCUT2D eigenvalue weighted by molar-refractivity contribution is -0.148. The molecule has 0 saturated heterocycles. The van der Waals surface area contributed by atoms with E-state index in [2.05, 4.69) is 25.6 Å². The van der Waals surface area contributed by atoms with Gasteiger partial charge in [0.2, 0.25) is 11.7 Å². The van der Waals surface area contributed by atoms with E-state index in [1.165, 1.54) is 26.1 Å². The molecule has 180 valence electrons. The molecule has 0 saturated carbocycles. The molecule has 2 N–H and O–H groups in total. The fraction of sp³-hybridized carbons (Fsp3) is 0.250. The van der Waals surface area contributed by atoms with Gasteiger partial charge in [0.25, 0.3) is 5.95 Å². The van der Waals surface area contributed by atoms with Crippen molar-refractivity contribution < 1.29 is 28.2 Å². The second kappa shape index (κ2) is 10.2. The fourth-order valence-corrected chi connectivity index (χ4v) is 3.58. The van der Waals surface area contributed by atoms with Crippen molar-refractivity contribution in [1.82, 2.24) is 15.3 Å². The average Bonchev–Trinajstić information content (AvgIpc) is 2.83. The van der Waals surface area contributed by atoms with Gasteiger partial charge in [-0.25, -0.2) is 14.4 Å². The molecule has 0 fully saturated rings. The van der Waals surface area contributed by atoms with Crippen LogP contribution in [0.25, 0.3) is 0 Å². The highest BCUT2D eigenvalue weighted by Gasteiger charge is 2.25. The van der Waals surface area contributed by atoms with Crippen LogP contribution in [0.3, 0.4) is 0 Å². The third kappa shape index (κ3) is 5.57. The number of amides is 1. The van der Waals surface area contributed by atoms with E-state index in [1.54, 1.807) is 24.3 Å². The second-order valence-electron chi connectivity index (χ2n) is 7.70. The topological polar surface area (TPSA) is 132 Å². The summed E-state index contributed by atoms with van der Waals surface area (Å²) in [6, 6.07) is 5.06. The van der Waals surface area contributed by atoms with Gasteiger partial charge in [0, 0.05) is 43.3 Å². The largest absolute Gasteiger partial charge is 0.493 e. The van der Waals surface area contributed by atoms with Gasteiger partial charge in [0.15, 0.2) is 11.6 Å². The number of benzene rings is 1. The molecule has 1 aromatic heterocycles. The number of carbonyl (C=O) groups excluding carboxylic acids is 3. The number of Topliss-reactive ketones (excluding diaryl/α,β-unsaturated/α-hetero) is 1. The molecule has 2 heterocycles. The first kappa shape index (κ1) is 23.7. The monoisotopic (exact) mass is 479 g/mol. The van der Waals surface area contributed by atoms with Gasteiger partial charge in [-0.1, -0.05) is 6.08 Å². The number of halogens is 1. The zero-order valence-corrected chi connectivity index (χ0v) is 19.0. The molecule has 2 aromatic rings. The Bertz CT molecular complexity index is 1290. The first-order valence-electron chi connectivity index (χ1n) is 10.8. The van der Waals surface area contributed by atoms with Crippen LogP contribution < -0.4 is 15.4 Å². The van der Waals surface area contributed by atoms with Gasteiger partial charge >= 0.3 is 5.97 Å². The van der Waals surface area contributed by atoms with Crippen molar-refractivity contribution in [3.8, 4) is 5.75 Å². The van der Waals surface area contributed by atoms with Crippen LogP contribution in [0.5, 0.6) is 5.75 Å². The van der Waals surface area contributed by atoms with Crippen LogP contribution >= 0.6 is 0 Å². The van der Waals surface area contributed by atoms with Gasteiger partial charge in [-0.05, 0) is 30.7 Å². The molecule has 1 amide bonds. The van der Waals surface area contributed by atoms with E-state index in [4.69, 9.17) is 9.47 Å². The number of anilines is 2. The molecule has 0 radical (unpaired) electrons. The Morgan fingerprint density at radius 1 is 1.34 bits per heavy atom. The number of likely N-dealkylation sites (N-methyl/N-ethyl adjacent to an activating group) is 1. The van der Waals surface area contributed by atoms with Crippen molar-refractivity contribution in [1.29, 1.82) is 0 Å². The highest BCUT2D eigenvalue weighted by molar-refractivity contribution is 6.51. The van der Waals surface area contributed by atoms with E-state index in [-0.39, 0.29) is 23.1 Å². The van der Waals surface area contributed by atoms with Crippen molar-refractivity contribution in [2.45, 2.75) is 25.9 Å². The molecule has 1 atom stereocenters. The number of esters is 1. The van der Waals surface area contributed by atoms with Crippen molar-refractivity contribution in [3.63, 3.8) is 0 Å². The number of ether oxygens (including phenoxy) is 2. The number of aromatic nitrogens is 2. The standard InChI is InChI=1S/C24H22FN5O5/c1-13(31)35-20-8-9-34-19-7-6-15(11-16(19)20)28-23-17(25)12-27-24(30-23)29-18-5-3-4-14(22(18)33)10-21(32)26-2/h3,5-7,10-12,20H,4,8-9H2,1-2H3,(H,26,32)(H,27,28,30). The molecule has 1 unspecified atom stereocenters. The molecule has 35 heavy (non-hydrogen) atoms. The molecule has 0 spiro atoms. The number of allylic oxidation sites excluding steroid dienone is 3. The Kier molecular flexibility index (Phi) is 6.95. The molecule has 10 nitrogen and oxygen atoms in total. The minimum absolute atomic E-state index is 0.0270. The molecular formula is C24H22FN5O5. The molecule has 1 aliphatic carbocycles. The predicted molar refractivity (Wildman–Crippen MR) is 124 cm³/mol. The molecule has 2 aliphatic rings. The van der Waals surface area contributed by atoms with Gasteiger partial charge in [0.05, 0.1) is 12.8 Å². The highest BCUT2D eigenvalue weighted by Crippen LogP contribution is 2.37. The quantitative estimate of drug-likeness (QED) is 0.494. The van der Waals surface area contributed by atoms with E-state index in [9.17, 15) is 18.8 Å². The molecule has 1 aliphatic heterocycles. The summed E-state index contributed by atoms with van der Waals surface area (Å²) in [6.45, 7) is 1.75. The van der Waals surface area contributed by atoms with Crippen LogP contribution in [0.2, 0.25) is 0 Å². The summed E-state index contributed by atoms with van der Waals surface area (Å²) in [5.41, 5.74) is 1.43. The smallest absolute Gasteiger partial charge is 0.303 e. The number of nitrogens with zero attached hydrogens (tertiary/aromatic N) is 3. The third-order valence-electron chi connectivity index (χ3n) is 5.21. The number of hydrogen-bond donors (Lipinski definition) is 2. The van der Waals surface area contributed by atoms with E-state index >= 15 is 0 Å². The van der Waals surface area contributed by atoms with Gasteiger partial charge in [-0.3, -0.25) is 14.4 Å². The Labute approximate surface area is 200 Å². The minimum Gasteiger partial charge on any atom is -0.493 e. The summed E-state index contributed by atoms with van der Waals surface area (Å²) >= 11 is 0. The summed E-state index contributed by atoms with van der Waals surface area (Å²) in [7, 11) is 1.46.